The van der Waals surface area contributed by atoms with E-state index in [0.717, 1.165) is 71.3 Å². The van der Waals surface area contributed by atoms with Crippen molar-refractivity contribution in [2.75, 3.05) is 0 Å². The van der Waals surface area contributed by atoms with Crippen molar-refractivity contribution in [3.63, 3.8) is 0 Å². The van der Waals surface area contributed by atoms with Crippen molar-refractivity contribution >= 4 is 65.0 Å². The molecule has 9 aromatic carbocycles. The maximum atomic E-state index is 6.28. The van der Waals surface area contributed by atoms with E-state index in [2.05, 4.69) is 140 Å². The summed E-state index contributed by atoms with van der Waals surface area (Å²) < 4.78 is 6.28. The van der Waals surface area contributed by atoms with Crippen molar-refractivity contribution in [2.45, 2.75) is 0 Å². The van der Waals surface area contributed by atoms with Crippen LogP contribution in [0.5, 0.6) is 0 Å². The fourth-order valence-electron chi connectivity index (χ4n) is 8.14. The summed E-state index contributed by atoms with van der Waals surface area (Å²) in [6.45, 7) is 0. The zero-order valence-corrected chi connectivity index (χ0v) is 28.5. The van der Waals surface area contributed by atoms with Gasteiger partial charge in [0.2, 0.25) is 0 Å². The molecule has 2 heterocycles. The lowest BCUT2D eigenvalue weighted by Crippen LogP contribution is -2.01. The number of furan rings is 1. The third-order valence-electron chi connectivity index (χ3n) is 10.5. The van der Waals surface area contributed by atoms with E-state index in [1.807, 2.05) is 36.4 Å². The van der Waals surface area contributed by atoms with Crippen LogP contribution in [0.3, 0.4) is 0 Å². The average molecular weight is 676 g/mol. The summed E-state index contributed by atoms with van der Waals surface area (Å²) >= 11 is 0. The molecule has 11 rings (SSSR count). The van der Waals surface area contributed by atoms with Gasteiger partial charge in [-0.15, -0.1) is 0 Å². The molecule has 0 atom stereocenters. The van der Waals surface area contributed by atoms with Gasteiger partial charge in [-0.1, -0.05) is 158 Å². The van der Waals surface area contributed by atoms with Gasteiger partial charge in [0.25, 0.3) is 0 Å². The zero-order valence-electron chi connectivity index (χ0n) is 28.5. The molecule has 11 aromatic rings. The minimum Gasteiger partial charge on any atom is -0.456 e. The van der Waals surface area contributed by atoms with Crippen molar-refractivity contribution in [1.82, 2.24) is 15.0 Å². The van der Waals surface area contributed by atoms with Gasteiger partial charge in [0.05, 0.1) is 0 Å². The summed E-state index contributed by atoms with van der Waals surface area (Å²) in [5, 5.41) is 11.5. The monoisotopic (exact) mass is 675 g/mol. The predicted molar refractivity (Wildman–Crippen MR) is 219 cm³/mol. The minimum atomic E-state index is 0.631. The average Bonchev–Trinajstić information content (AvgIpc) is 3.62. The number of nitrogens with zero attached hydrogens (tertiary/aromatic N) is 3. The summed E-state index contributed by atoms with van der Waals surface area (Å²) in [5.41, 5.74) is 6.89. The highest BCUT2D eigenvalue weighted by Gasteiger charge is 2.19. The van der Waals surface area contributed by atoms with E-state index in [0.29, 0.717) is 17.5 Å². The highest BCUT2D eigenvalue weighted by Crippen LogP contribution is 2.42. The number of hydrogen-bond donors (Lipinski definition) is 0. The first-order valence-electron chi connectivity index (χ1n) is 17.9. The van der Waals surface area contributed by atoms with Crippen LogP contribution in [-0.4, -0.2) is 15.0 Å². The molecule has 246 valence electrons. The summed E-state index contributed by atoms with van der Waals surface area (Å²) in [7, 11) is 0. The zero-order chi connectivity index (χ0) is 34.9. The fourth-order valence-corrected chi connectivity index (χ4v) is 8.14. The molecule has 0 saturated carbocycles. The van der Waals surface area contributed by atoms with Crippen molar-refractivity contribution in [3.05, 3.63) is 176 Å². The normalized spacial score (nSPS) is 11.8. The molecular formula is C49H29N3O. The second kappa shape index (κ2) is 11.7. The third-order valence-corrected chi connectivity index (χ3v) is 10.5. The van der Waals surface area contributed by atoms with Gasteiger partial charge in [-0.2, -0.15) is 0 Å². The number of rotatable bonds is 4. The first kappa shape index (κ1) is 29.5. The molecular weight excluding hydrogens is 647 g/mol. The maximum Gasteiger partial charge on any atom is 0.164 e. The molecule has 4 heteroatoms. The molecule has 0 fully saturated rings. The number of aromatic nitrogens is 3. The van der Waals surface area contributed by atoms with Crippen LogP contribution in [0, 0.1) is 0 Å². The Hall–Kier alpha value is -7.17. The Morgan fingerprint density at radius 3 is 1.70 bits per heavy atom. The molecule has 4 nitrogen and oxygen atoms in total. The largest absolute Gasteiger partial charge is 0.456 e. The molecule has 53 heavy (non-hydrogen) atoms. The second-order valence-electron chi connectivity index (χ2n) is 13.5. The Morgan fingerprint density at radius 1 is 0.302 bits per heavy atom. The van der Waals surface area contributed by atoms with Gasteiger partial charge in [-0.05, 0) is 72.4 Å². The topological polar surface area (TPSA) is 51.8 Å². The van der Waals surface area contributed by atoms with E-state index in [1.165, 1.54) is 21.5 Å². The van der Waals surface area contributed by atoms with E-state index in [4.69, 9.17) is 19.4 Å². The molecule has 2 aromatic heterocycles. The molecule has 0 amide bonds. The van der Waals surface area contributed by atoms with Gasteiger partial charge in [-0.25, -0.2) is 15.0 Å². The van der Waals surface area contributed by atoms with Crippen LogP contribution in [0.2, 0.25) is 0 Å². The SMILES string of the molecule is c1ccc(-c2nc(-c3cccc4c(-c5cccc6oc7ccccc7c56)cccc34)nc(-c3cc4ccc5ccccc5c4c4ccccc34)n2)cc1. The Balaban J connectivity index is 1.17. The van der Waals surface area contributed by atoms with Crippen LogP contribution in [0.15, 0.2) is 180 Å². The standard InChI is InChI=1S/C49H29N3O/c1-2-14-31(15-3-1)47-50-48(52-49(51-47)42-29-32-28-27-30-13-4-5-16-33(30)45(32)38-18-7-6-17-37(38)42)40-24-11-20-34-35(21-10-22-36(34)40)39-23-12-26-44-46(39)41-19-8-9-25-43(41)53-44/h1-29H. The molecule has 0 spiro atoms. The molecule has 0 unspecified atom stereocenters. The molecule has 0 N–H and O–H groups in total. The Kier molecular flexibility index (Phi) is 6.52. The van der Waals surface area contributed by atoms with Crippen LogP contribution in [0.4, 0.5) is 0 Å². The second-order valence-corrected chi connectivity index (χ2v) is 13.5. The van der Waals surface area contributed by atoms with Crippen LogP contribution in [0.1, 0.15) is 0 Å². The van der Waals surface area contributed by atoms with Gasteiger partial charge in [-0.3, -0.25) is 0 Å². The van der Waals surface area contributed by atoms with Crippen molar-refractivity contribution in [2.24, 2.45) is 0 Å². The summed E-state index contributed by atoms with van der Waals surface area (Å²) in [4.78, 5) is 15.7. The van der Waals surface area contributed by atoms with Crippen LogP contribution in [0.25, 0.3) is 110 Å². The van der Waals surface area contributed by atoms with E-state index >= 15 is 0 Å². The van der Waals surface area contributed by atoms with Crippen molar-refractivity contribution < 1.29 is 4.42 Å². The predicted octanol–water partition coefficient (Wildman–Crippen LogP) is 13.1. The molecule has 0 aliphatic heterocycles. The highest BCUT2D eigenvalue weighted by molar-refractivity contribution is 6.23. The van der Waals surface area contributed by atoms with Crippen LogP contribution >= 0.6 is 0 Å². The molecule has 0 aliphatic carbocycles. The van der Waals surface area contributed by atoms with Gasteiger partial charge < -0.3 is 4.42 Å². The highest BCUT2D eigenvalue weighted by atomic mass is 16.3. The quantitative estimate of drug-likeness (QED) is 0.174. The summed E-state index contributed by atoms with van der Waals surface area (Å²) in [6, 6.07) is 61.5. The molecule has 0 radical (unpaired) electrons. The van der Waals surface area contributed by atoms with Gasteiger partial charge in [0, 0.05) is 27.5 Å². The van der Waals surface area contributed by atoms with E-state index < -0.39 is 0 Å². The Bertz CT molecular complexity index is 3240. The van der Waals surface area contributed by atoms with E-state index in [-0.39, 0.29) is 0 Å². The van der Waals surface area contributed by atoms with Crippen molar-refractivity contribution in [1.29, 1.82) is 0 Å². The Morgan fingerprint density at radius 2 is 0.849 bits per heavy atom. The van der Waals surface area contributed by atoms with Gasteiger partial charge in [0.15, 0.2) is 17.5 Å². The lowest BCUT2D eigenvalue weighted by molar-refractivity contribution is 0.669. The van der Waals surface area contributed by atoms with Crippen LogP contribution < -0.4 is 0 Å². The lowest BCUT2D eigenvalue weighted by atomic mass is 9.92. The number of hydrogen-bond acceptors (Lipinski definition) is 4. The van der Waals surface area contributed by atoms with Crippen LogP contribution in [-0.2, 0) is 0 Å². The minimum absolute atomic E-state index is 0.631. The van der Waals surface area contributed by atoms with Crippen molar-refractivity contribution in [3.8, 4) is 45.3 Å². The van der Waals surface area contributed by atoms with Gasteiger partial charge >= 0.3 is 0 Å². The third kappa shape index (κ3) is 4.66. The van der Waals surface area contributed by atoms with Gasteiger partial charge in [0.1, 0.15) is 11.2 Å². The van der Waals surface area contributed by atoms with E-state index in [1.54, 1.807) is 0 Å². The fraction of sp³-hybridized carbons (Fsp3) is 0. The maximum absolute atomic E-state index is 6.28. The smallest absolute Gasteiger partial charge is 0.164 e. The number of fused-ring (bicyclic) bond motifs is 9. The summed E-state index contributed by atoms with van der Waals surface area (Å²) in [5.74, 6) is 1.91. The molecule has 0 aliphatic rings. The number of para-hydroxylation sites is 1. The molecule has 0 saturated heterocycles. The Labute approximate surface area is 304 Å². The number of benzene rings is 9. The summed E-state index contributed by atoms with van der Waals surface area (Å²) in [6.07, 6.45) is 0. The van der Waals surface area contributed by atoms with E-state index in [9.17, 15) is 0 Å². The lowest BCUT2D eigenvalue weighted by Gasteiger charge is -2.15. The molecule has 0 bridgehead atoms. The first-order chi connectivity index (χ1) is 26.3. The first-order valence-corrected chi connectivity index (χ1v) is 17.9.